The number of carbonyl (C=O) groups excluding carboxylic acids is 6. The maximum absolute atomic E-state index is 15.0. The summed E-state index contributed by atoms with van der Waals surface area (Å²) in [6.45, 7) is 21.8. The van der Waals surface area contributed by atoms with Gasteiger partial charge in [0.05, 0.1) is 61.5 Å². The predicted molar refractivity (Wildman–Crippen MR) is 507 cm³/mol. The predicted octanol–water partition coefficient (Wildman–Crippen LogP) is 9.54. The van der Waals surface area contributed by atoms with E-state index in [4.69, 9.17) is 81.1 Å². The number of Topliss-reactive ketones (excluding diaryl/α,β-unsaturated/α-hetero) is 2. The van der Waals surface area contributed by atoms with Gasteiger partial charge in [-0.2, -0.15) is 10.1 Å². The van der Waals surface area contributed by atoms with Crippen LogP contribution >= 0.6 is 12.2 Å². The fourth-order valence-electron chi connectivity index (χ4n) is 19.8. The number of benzene rings is 2. The van der Waals surface area contributed by atoms with Crippen molar-refractivity contribution in [1.29, 1.82) is 0 Å². The number of hydrogen-bond acceptors (Lipinski definition) is 31. The lowest BCUT2D eigenvalue weighted by Crippen LogP contribution is -2.61. The number of methoxy groups -OCH3 is 4. The van der Waals surface area contributed by atoms with E-state index in [0.717, 1.165) is 53.9 Å². The van der Waals surface area contributed by atoms with Crippen LogP contribution in [0.4, 0.5) is 23.7 Å². The number of ketones is 2. The number of rotatable bonds is 22. The minimum absolute atomic E-state index is 0.0100. The summed E-state index contributed by atoms with van der Waals surface area (Å²) in [5, 5.41) is 33.1. The second kappa shape index (κ2) is 45.8. The van der Waals surface area contributed by atoms with E-state index in [2.05, 4.69) is 63.1 Å². The zero-order valence-electron chi connectivity index (χ0n) is 79.0. The lowest BCUT2D eigenvalue weighted by atomic mass is 9.78. The number of amides is 3. The lowest BCUT2D eigenvalue weighted by molar-refractivity contribution is -0.265. The highest BCUT2D eigenvalue weighted by atomic mass is 32.1. The lowest BCUT2D eigenvalue weighted by Gasteiger charge is -2.43. The van der Waals surface area contributed by atoms with Crippen LogP contribution in [0.5, 0.6) is 0 Å². The third-order valence-corrected chi connectivity index (χ3v) is 28.1. The van der Waals surface area contributed by atoms with Gasteiger partial charge in [0.15, 0.2) is 17.0 Å². The van der Waals surface area contributed by atoms with Gasteiger partial charge in [-0.3, -0.25) is 28.9 Å². The average Bonchev–Trinajstić information content (AvgIpc) is 1.55. The molecule has 2 bridgehead atoms. The fraction of sp³-hybridized carbons (Fsp3) is 0.582. The minimum atomic E-state index is -2.45. The van der Waals surface area contributed by atoms with Crippen LogP contribution in [-0.2, 0) is 87.9 Å². The molecule has 7 aliphatic rings. The molecule has 0 radical (unpaired) electrons. The van der Waals surface area contributed by atoms with Crippen LogP contribution in [0.25, 0.3) is 33.4 Å². The summed E-state index contributed by atoms with van der Waals surface area (Å²) in [6, 6.07) is 10.8. The van der Waals surface area contributed by atoms with Gasteiger partial charge in [-0.05, 0) is 160 Å². The maximum atomic E-state index is 15.0. The Hall–Kier alpha value is -10.7. The number of aliphatic hydroxyl groups is 2. The molecule has 11 heterocycles. The van der Waals surface area contributed by atoms with Gasteiger partial charge in [0, 0.05) is 180 Å². The van der Waals surface area contributed by atoms with Crippen molar-refractivity contribution in [1.82, 2.24) is 69.6 Å². The number of aliphatic hydroxyl groups excluding tert-OH is 1. The highest BCUT2D eigenvalue weighted by Gasteiger charge is 2.54. The molecule has 36 heteroatoms. The summed E-state index contributed by atoms with van der Waals surface area (Å²) in [7, 11) is 6.25. The van der Waals surface area contributed by atoms with Gasteiger partial charge in [0.2, 0.25) is 23.6 Å². The van der Waals surface area contributed by atoms with Crippen molar-refractivity contribution in [2.24, 2.45) is 35.5 Å². The largest absolute Gasteiger partial charge is 0.465 e. The number of esters is 1. The molecule has 1 aliphatic carbocycles. The van der Waals surface area contributed by atoms with Crippen molar-refractivity contribution in [3.63, 3.8) is 0 Å². The first kappa shape index (κ1) is 99.3. The summed E-state index contributed by atoms with van der Waals surface area (Å²) >= 11 is 5.78. The van der Waals surface area contributed by atoms with Crippen LogP contribution in [0.15, 0.2) is 120 Å². The number of anilines is 4. The molecule has 1 saturated carbocycles. The van der Waals surface area contributed by atoms with Crippen molar-refractivity contribution < 1.29 is 81.3 Å². The Morgan fingerprint density at radius 3 is 2.19 bits per heavy atom. The summed E-state index contributed by atoms with van der Waals surface area (Å²) in [4.78, 5) is 129. The van der Waals surface area contributed by atoms with Gasteiger partial charge < -0.3 is 93.8 Å². The van der Waals surface area contributed by atoms with Crippen molar-refractivity contribution in [2.75, 3.05) is 135 Å². The Kier molecular flexibility index (Phi) is 33.9. The van der Waals surface area contributed by atoms with Crippen LogP contribution in [0.3, 0.4) is 0 Å². The Morgan fingerprint density at radius 2 is 1.46 bits per heavy atom. The van der Waals surface area contributed by atoms with Gasteiger partial charge in [-0.1, -0.05) is 89.3 Å². The van der Waals surface area contributed by atoms with Gasteiger partial charge in [-0.15, -0.1) is 0 Å². The Labute approximate surface area is 788 Å². The van der Waals surface area contributed by atoms with Crippen LogP contribution in [-0.4, -0.2) is 289 Å². The van der Waals surface area contributed by atoms with Crippen molar-refractivity contribution in [2.45, 2.75) is 219 Å². The third kappa shape index (κ3) is 24.2. The number of piperidine rings is 1. The summed E-state index contributed by atoms with van der Waals surface area (Å²) in [5.41, 5.74) is 21.3. The molecule has 3 amide bonds. The highest BCUT2D eigenvalue weighted by Crippen LogP contribution is 2.41. The molecule has 5 aromatic heterocycles. The molecule has 0 unspecified atom stereocenters. The molecule has 16 atom stereocenters. The molecule has 4 saturated heterocycles. The first-order chi connectivity index (χ1) is 64.6. The van der Waals surface area contributed by atoms with E-state index in [9.17, 15) is 34.2 Å². The fourth-order valence-corrected chi connectivity index (χ4v) is 20.0. The molecule has 722 valence electrons. The normalized spacial score (nSPS) is 27.6. The van der Waals surface area contributed by atoms with Gasteiger partial charge >= 0.3 is 5.97 Å². The summed E-state index contributed by atoms with van der Waals surface area (Å²) in [6.07, 6.45) is 21.0. The Bertz CT molecular complexity index is 5370. The number of nitrogens with two attached hydrogens (primary N) is 2. The van der Waals surface area contributed by atoms with Gasteiger partial charge in [0.25, 0.3) is 28.8 Å². The minimum Gasteiger partial charge on any atom is -0.465 e. The topological polar surface area (TPSA) is 421 Å². The number of nitrogen functional groups attached to an aromatic ring is 2. The number of hydrogen-bond donors (Lipinski definition) is 5. The number of cyclic esters (lactones) is 1. The molecule has 7 aromatic rings. The molecule has 5 fully saturated rings. The van der Waals surface area contributed by atoms with Crippen LogP contribution < -0.4 is 26.6 Å². The number of carbonyl (C=O) groups is 6. The molecule has 6 aliphatic heterocycles. The number of nitrogens with zero attached hydrogens (tertiary/aromatic N) is 15. The Morgan fingerprint density at radius 1 is 0.724 bits per heavy atom. The average molecular weight is 1870 g/mol. The molecule has 0 spiro atoms. The number of fused-ring (bicyclic) bond motifs is 6. The van der Waals surface area contributed by atoms with Crippen molar-refractivity contribution in [3.05, 3.63) is 143 Å². The number of aromatic nitrogens is 9. The van der Waals surface area contributed by atoms with Crippen LogP contribution in [0, 0.1) is 35.5 Å². The molecule has 7 N–H and O–H groups in total. The summed E-state index contributed by atoms with van der Waals surface area (Å²) in [5.74, 6) is -5.84. The number of piperazine rings is 2. The first-order valence-corrected chi connectivity index (χ1v) is 47.7. The number of thiocarbonyl (C=S) groups is 1. The molecule has 14 rings (SSSR count). The molecule has 2 aromatic carbocycles. The number of oxazole rings is 1. The molecular formula is C98H132N18O17S. The monoisotopic (exact) mass is 1860 g/mol. The maximum Gasteiger partial charge on any atom is 0.329 e. The summed E-state index contributed by atoms with van der Waals surface area (Å²) < 4.78 is 56.7. The van der Waals surface area contributed by atoms with E-state index in [0.29, 0.717) is 200 Å². The standard InChI is InChI=1S/C98H132N18O17S/c1-59-17-13-12-14-18-60(2)78(125-8)49-73-25-20-65(7)98(124,133-73)88(120)92(122)115-30-16-15-19-75(115)93(123)130-80(50-79(126-9)61(3)44-64(6)86(119)87(128-11)85(118)63(5)43-59)62(4)45-66-22-26-77(81(47-66)127-10)132-97(134)105-53-68-51-101-95(102-52-68)113-38-36-111(37-39-113)82(117)29-41-129-42-40-110-32-34-112(35-33-110)96-103-54-72(55-104-96)91(121)114-31-28-69-46-67(21-23-71(69)57-114)56-116-90-83(89(99)106-58-107-90)84(109-116)70-24-27-76-74(48-70)108-94(100)131-76/h12-14,17-18,21,23-24,27,44,46,48,51-52,54-55,58-59,61-63,65-66,73,75,77-81,86-87,119,124H,15-16,19-20,22,25-26,28-43,45,47,49-50,53,56-57H2,1-11H3,(H2,100,108)(H,105,134)(H2,99,106,107)/b14-12?,17-13+,60-18?,64-44+/t59-,61-,62-,63-,65-,66+,73+,75+,77-,78+,79-,80+,81-,86-,87+,98-/m1/s1. The Balaban J connectivity index is 0.502. The second-order valence-electron chi connectivity index (χ2n) is 37.2. The van der Waals surface area contributed by atoms with E-state index in [1.807, 2.05) is 97.7 Å². The van der Waals surface area contributed by atoms with Gasteiger partial charge in [0.1, 0.15) is 53.8 Å². The number of ether oxygens (including phenoxy) is 8. The number of nitrogens with one attached hydrogen (secondary N) is 1. The van der Waals surface area contributed by atoms with E-state index >= 15 is 4.79 Å². The quantitative estimate of drug-likeness (QED) is 0.0138. The SMILES string of the molecule is CO[C@H]1C[C@@H]2CC[C@@H](C)[C@@](O)(O2)C(=O)C(=O)N2CCCC[C@H]2C(=O)O[C@H]([C@H](C)C[C@@H]2CC[C@@H](OC(=S)NCc3cnc(N4CCN(C(=O)CCOCCN5CCN(c6ncc(C(=O)N7CCc8cc(Cn9nc(-c%10ccc%11oc(N)nc%11c%10)c%10c(N)ncnc%109)ccc8C7)cn6)CC5)CC4)nc3)[C@H](OC)C2)C[C@@H](OC)[C@H](C)/C=C(\C)[C@@H](O)[C@@H](OC)C(=O)[C@H](C)C[C@H](C)/C=C/C=CC=C1C. The van der Waals surface area contributed by atoms with E-state index in [1.54, 1.807) is 66.0 Å². The number of allylic oxidation sites excluding steroid dienone is 5. The van der Waals surface area contributed by atoms with Crippen molar-refractivity contribution in [3.8, 4) is 11.3 Å². The second-order valence-corrected chi connectivity index (χ2v) is 37.6. The zero-order valence-corrected chi connectivity index (χ0v) is 79.8. The zero-order chi connectivity index (χ0) is 95.0. The smallest absolute Gasteiger partial charge is 0.329 e. The van der Waals surface area contributed by atoms with E-state index in [-0.39, 0.29) is 90.5 Å². The van der Waals surface area contributed by atoms with Crippen LogP contribution in [0.2, 0.25) is 0 Å². The first-order valence-electron chi connectivity index (χ1n) is 47.2. The van der Waals surface area contributed by atoms with Crippen LogP contribution in [0.1, 0.15) is 165 Å². The van der Waals surface area contributed by atoms with Gasteiger partial charge in [-0.25, -0.2) is 39.4 Å². The molecular weight excluding hydrogens is 1730 g/mol. The molecule has 134 heavy (non-hydrogen) atoms. The highest BCUT2D eigenvalue weighted by molar-refractivity contribution is 7.80. The third-order valence-electron chi connectivity index (χ3n) is 27.9. The van der Waals surface area contributed by atoms with Crippen molar-refractivity contribution >= 4 is 98.5 Å². The van der Waals surface area contributed by atoms with E-state index < -0.39 is 77.9 Å². The van der Waals surface area contributed by atoms with E-state index in [1.165, 1.54) is 23.9 Å². The molecule has 35 nitrogen and oxygen atoms in total.